The van der Waals surface area contributed by atoms with Crippen molar-refractivity contribution in [2.45, 2.75) is 13.8 Å². The maximum absolute atomic E-state index is 11.4. The van der Waals surface area contributed by atoms with Crippen LogP contribution in [0.2, 0.25) is 0 Å². The Morgan fingerprint density at radius 1 is 1.36 bits per heavy atom. The molecule has 0 bridgehead atoms. The SMILES string of the molecule is CC.Cn1sc2ccc(N)cc2c1=O. The number of nitrogen functional groups attached to an aromatic ring is 1. The summed E-state index contributed by atoms with van der Waals surface area (Å²) in [5, 5.41) is 0.711. The summed E-state index contributed by atoms with van der Waals surface area (Å²) in [6.45, 7) is 4.00. The van der Waals surface area contributed by atoms with Crippen LogP contribution in [0.3, 0.4) is 0 Å². The Morgan fingerprint density at radius 3 is 2.64 bits per heavy atom. The van der Waals surface area contributed by atoms with Crippen molar-refractivity contribution in [2.24, 2.45) is 7.05 Å². The molecule has 2 N–H and O–H groups in total. The molecular formula is C10H14N2OS. The lowest BCUT2D eigenvalue weighted by Crippen LogP contribution is -2.07. The van der Waals surface area contributed by atoms with Gasteiger partial charge in [-0.2, -0.15) is 0 Å². The fraction of sp³-hybridized carbons (Fsp3) is 0.300. The van der Waals surface area contributed by atoms with Crippen molar-refractivity contribution in [3.8, 4) is 0 Å². The van der Waals surface area contributed by atoms with Gasteiger partial charge in [0, 0.05) is 12.7 Å². The van der Waals surface area contributed by atoms with Gasteiger partial charge in [0.25, 0.3) is 5.56 Å². The Kier molecular flexibility index (Phi) is 3.30. The number of fused-ring (bicyclic) bond motifs is 1. The average Bonchev–Trinajstić information content (AvgIpc) is 2.48. The number of nitrogens with two attached hydrogens (primary N) is 1. The minimum atomic E-state index is 0.0299. The zero-order valence-corrected chi connectivity index (χ0v) is 9.39. The molecule has 1 aromatic heterocycles. The van der Waals surface area contributed by atoms with Crippen molar-refractivity contribution in [3.63, 3.8) is 0 Å². The molecule has 0 saturated heterocycles. The van der Waals surface area contributed by atoms with E-state index in [9.17, 15) is 4.79 Å². The van der Waals surface area contributed by atoms with Crippen LogP contribution in [0, 0.1) is 0 Å². The minimum absolute atomic E-state index is 0.0299. The molecule has 1 heterocycles. The molecule has 76 valence electrons. The average molecular weight is 210 g/mol. The van der Waals surface area contributed by atoms with E-state index in [1.165, 1.54) is 11.5 Å². The molecule has 0 saturated carbocycles. The highest BCUT2D eigenvalue weighted by molar-refractivity contribution is 7.13. The highest BCUT2D eigenvalue weighted by Gasteiger charge is 2.03. The molecule has 0 aliphatic heterocycles. The molecule has 0 spiro atoms. The van der Waals surface area contributed by atoms with Crippen molar-refractivity contribution in [2.75, 3.05) is 5.73 Å². The smallest absolute Gasteiger partial charge is 0.268 e. The van der Waals surface area contributed by atoms with Gasteiger partial charge in [-0.1, -0.05) is 25.4 Å². The van der Waals surface area contributed by atoms with Crippen molar-refractivity contribution in [1.82, 2.24) is 3.96 Å². The number of anilines is 1. The van der Waals surface area contributed by atoms with Crippen LogP contribution in [-0.4, -0.2) is 3.96 Å². The summed E-state index contributed by atoms with van der Waals surface area (Å²) in [7, 11) is 1.75. The summed E-state index contributed by atoms with van der Waals surface area (Å²) in [6.07, 6.45) is 0. The summed E-state index contributed by atoms with van der Waals surface area (Å²) in [6, 6.07) is 5.39. The first-order valence-corrected chi connectivity index (χ1v) is 5.31. The topological polar surface area (TPSA) is 48.0 Å². The summed E-state index contributed by atoms with van der Waals surface area (Å²) < 4.78 is 2.58. The van der Waals surface area contributed by atoms with Crippen LogP contribution in [0.5, 0.6) is 0 Å². The second-order valence-electron chi connectivity index (χ2n) is 2.65. The van der Waals surface area contributed by atoms with E-state index >= 15 is 0 Å². The molecule has 4 heteroatoms. The molecule has 0 unspecified atom stereocenters. The number of aryl methyl sites for hydroxylation is 1. The van der Waals surface area contributed by atoms with E-state index in [2.05, 4.69) is 0 Å². The monoisotopic (exact) mass is 210 g/mol. The summed E-state index contributed by atoms with van der Waals surface area (Å²) in [5.74, 6) is 0. The first-order valence-electron chi connectivity index (χ1n) is 4.54. The van der Waals surface area contributed by atoms with Gasteiger partial charge in [-0.25, -0.2) is 0 Å². The minimum Gasteiger partial charge on any atom is -0.399 e. The van der Waals surface area contributed by atoms with Crippen molar-refractivity contribution < 1.29 is 0 Å². The Labute approximate surface area is 86.9 Å². The van der Waals surface area contributed by atoms with Gasteiger partial charge in [0.2, 0.25) is 0 Å². The zero-order valence-electron chi connectivity index (χ0n) is 8.57. The van der Waals surface area contributed by atoms with E-state index in [0.717, 1.165) is 4.70 Å². The van der Waals surface area contributed by atoms with Gasteiger partial charge < -0.3 is 5.73 Å². The number of nitrogens with zero attached hydrogens (tertiary/aromatic N) is 1. The maximum atomic E-state index is 11.4. The molecule has 0 fully saturated rings. The highest BCUT2D eigenvalue weighted by Crippen LogP contribution is 2.17. The summed E-state index contributed by atoms with van der Waals surface area (Å²) >= 11 is 1.44. The van der Waals surface area contributed by atoms with Crippen LogP contribution in [0.25, 0.3) is 10.1 Å². The van der Waals surface area contributed by atoms with Gasteiger partial charge >= 0.3 is 0 Å². The number of rotatable bonds is 0. The van der Waals surface area contributed by atoms with E-state index < -0.39 is 0 Å². The number of benzene rings is 1. The summed E-state index contributed by atoms with van der Waals surface area (Å²) in [4.78, 5) is 11.4. The fourth-order valence-electron chi connectivity index (χ4n) is 1.15. The van der Waals surface area contributed by atoms with Gasteiger partial charge in [-0.15, -0.1) is 0 Å². The molecule has 14 heavy (non-hydrogen) atoms. The largest absolute Gasteiger partial charge is 0.399 e. The van der Waals surface area contributed by atoms with Crippen LogP contribution < -0.4 is 11.3 Å². The second-order valence-corrected chi connectivity index (χ2v) is 3.82. The van der Waals surface area contributed by atoms with Gasteiger partial charge in [0.05, 0.1) is 10.1 Å². The molecule has 2 aromatic rings. The Balaban J connectivity index is 0.000000461. The second kappa shape index (κ2) is 4.28. The molecule has 0 radical (unpaired) electrons. The van der Waals surface area contributed by atoms with E-state index in [-0.39, 0.29) is 5.56 Å². The molecule has 0 aliphatic carbocycles. The number of aromatic nitrogens is 1. The molecular weight excluding hydrogens is 196 g/mol. The molecule has 0 atom stereocenters. The molecule has 0 amide bonds. The maximum Gasteiger partial charge on any atom is 0.268 e. The fourth-order valence-corrected chi connectivity index (χ4v) is 2.00. The van der Waals surface area contributed by atoms with Crippen molar-refractivity contribution in [3.05, 3.63) is 28.6 Å². The van der Waals surface area contributed by atoms with E-state index in [4.69, 9.17) is 5.73 Å². The first kappa shape index (κ1) is 10.8. The Bertz CT molecular complexity index is 484. The van der Waals surface area contributed by atoms with Gasteiger partial charge in [0.1, 0.15) is 0 Å². The molecule has 2 rings (SSSR count). The lowest BCUT2D eigenvalue weighted by atomic mass is 10.2. The predicted octanol–water partition coefficient (Wildman–Crippen LogP) is 2.21. The predicted molar refractivity (Wildman–Crippen MR) is 62.8 cm³/mol. The van der Waals surface area contributed by atoms with E-state index in [1.807, 2.05) is 19.9 Å². The third-order valence-corrected chi connectivity index (χ3v) is 2.75. The third kappa shape index (κ3) is 1.80. The van der Waals surface area contributed by atoms with Crippen LogP contribution in [-0.2, 0) is 7.05 Å². The highest BCUT2D eigenvalue weighted by atomic mass is 32.1. The van der Waals surface area contributed by atoms with Gasteiger partial charge in [-0.3, -0.25) is 8.75 Å². The normalized spacial score (nSPS) is 9.64. The molecule has 3 nitrogen and oxygen atoms in total. The van der Waals surface area contributed by atoms with Crippen molar-refractivity contribution >= 4 is 27.3 Å². The zero-order chi connectivity index (χ0) is 10.7. The van der Waals surface area contributed by atoms with Gasteiger partial charge in [0.15, 0.2) is 0 Å². The van der Waals surface area contributed by atoms with Crippen LogP contribution in [0.15, 0.2) is 23.0 Å². The number of hydrogen-bond donors (Lipinski definition) is 1. The van der Waals surface area contributed by atoms with Crippen LogP contribution in [0.4, 0.5) is 5.69 Å². The lowest BCUT2D eigenvalue weighted by Gasteiger charge is -1.88. The Hall–Kier alpha value is -1.29. The third-order valence-electron chi connectivity index (χ3n) is 1.76. The lowest BCUT2D eigenvalue weighted by molar-refractivity contribution is 0.989. The Morgan fingerprint density at radius 2 is 2.00 bits per heavy atom. The van der Waals surface area contributed by atoms with Crippen LogP contribution >= 0.6 is 11.5 Å². The quantitative estimate of drug-likeness (QED) is 0.678. The van der Waals surface area contributed by atoms with Crippen LogP contribution in [0.1, 0.15) is 13.8 Å². The standard InChI is InChI=1S/C8H8N2OS.C2H6/c1-10-8(11)6-4-5(9)2-3-7(6)12-10;1-2/h2-4H,9H2,1H3;1-2H3. The first-order chi connectivity index (χ1) is 6.68. The van der Waals surface area contributed by atoms with Crippen molar-refractivity contribution in [1.29, 1.82) is 0 Å². The summed E-state index contributed by atoms with van der Waals surface area (Å²) in [5.41, 5.74) is 6.23. The van der Waals surface area contributed by atoms with Gasteiger partial charge in [-0.05, 0) is 18.2 Å². The van der Waals surface area contributed by atoms with E-state index in [0.29, 0.717) is 11.1 Å². The van der Waals surface area contributed by atoms with E-state index in [1.54, 1.807) is 23.1 Å². The molecule has 1 aromatic carbocycles. The molecule has 0 aliphatic rings. The number of hydrogen-bond acceptors (Lipinski definition) is 3.